The van der Waals surface area contributed by atoms with Crippen LogP contribution in [0.5, 0.6) is 0 Å². The maximum Gasteiger partial charge on any atom is 0.148 e. The van der Waals surface area contributed by atoms with E-state index in [9.17, 15) is 0 Å². The summed E-state index contributed by atoms with van der Waals surface area (Å²) in [6, 6.07) is 10.3. The highest BCUT2D eigenvalue weighted by Crippen LogP contribution is 2.16. The molecule has 4 heteroatoms. The first-order valence-electron chi connectivity index (χ1n) is 5.07. The Bertz CT molecular complexity index is 531. The Kier molecular flexibility index (Phi) is 3.06. The Balaban J connectivity index is 0.000000963. The molecular formula is C12H12ClN3. The molecule has 3 rings (SSSR count). The fraction of sp³-hybridized carbons (Fsp3) is 0.167. The Morgan fingerprint density at radius 3 is 2.81 bits per heavy atom. The van der Waals surface area contributed by atoms with Gasteiger partial charge in [0.2, 0.25) is 0 Å². The molecule has 0 spiro atoms. The molecule has 1 aliphatic rings. The molecule has 0 saturated carbocycles. The van der Waals surface area contributed by atoms with E-state index < -0.39 is 0 Å². The quantitative estimate of drug-likeness (QED) is 0.818. The van der Waals surface area contributed by atoms with Crippen molar-refractivity contribution in [2.45, 2.75) is 0 Å². The van der Waals surface area contributed by atoms with Gasteiger partial charge in [0.05, 0.1) is 6.54 Å². The van der Waals surface area contributed by atoms with Crippen molar-refractivity contribution in [3.63, 3.8) is 0 Å². The van der Waals surface area contributed by atoms with Crippen LogP contribution in [0, 0.1) is 0 Å². The maximum absolute atomic E-state index is 4.40. The molecule has 0 fully saturated rings. The molecule has 0 radical (unpaired) electrons. The second-order valence-electron chi connectivity index (χ2n) is 3.54. The first kappa shape index (κ1) is 10.9. The summed E-state index contributed by atoms with van der Waals surface area (Å²) in [5.41, 5.74) is 0.964. The highest BCUT2D eigenvalue weighted by molar-refractivity contribution is 6.08. The minimum Gasteiger partial charge on any atom is -0.367 e. The van der Waals surface area contributed by atoms with Gasteiger partial charge in [-0.3, -0.25) is 9.98 Å². The van der Waals surface area contributed by atoms with Crippen LogP contribution in [0.15, 0.2) is 41.5 Å². The van der Waals surface area contributed by atoms with E-state index >= 15 is 0 Å². The van der Waals surface area contributed by atoms with Crippen LogP contribution in [0.4, 0.5) is 0 Å². The maximum atomic E-state index is 4.40. The number of amidine groups is 1. The highest BCUT2D eigenvalue weighted by atomic mass is 35.5. The van der Waals surface area contributed by atoms with Crippen molar-refractivity contribution in [2.24, 2.45) is 4.99 Å². The molecule has 2 heterocycles. The van der Waals surface area contributed by atoms with E-state index in [2.05, 4.69) is 27.4 Å². The molecule has 0 saturated heterocycles. The van der Waals surface area contributed by atoms with E-state index in [1.165, 1.54) is 5.39 Å². The second kappa shape index (κ2) is 4.49. The van der Waals surface area contributed by atoms with E-state index in [1.54, 1.807) is 0 Å². The number of aliphatic imine (C=N–C) groups is 1. The first-order valence-corrected chi connectivity index (χ1v) is 5.07. The Morgan fingerprint density at radius 2 is 2.00 bits per heavy atom. The smallest absolute Gasteiger partial charge is 0.148 e. The van der Waals surface area contributed by atoms with Gasteiger partial charge in [-0.05, 0) is 11.5 Å². The van der Waals surface area contributed by atoms with Gasteiger partial charge in [-0.25, -0.2) is 0 Å². The van der Waals surface area contributed by atoms with Gasteiger partial charge in [0, 0.05) is 18.1 Å². The average Bonchev–Trinajstić information content (AvgIpc) is 2.82. The molecule has 2 aromatic rings. The standard InChI is InChI=1S/C12H11N3.ClH/c1-2-4-10-9(3-1)5-6-13-11(10)12-14-7-8-15-12;/h1-6H,7-8H2,(H,14,15);1H. The largest absolute Gasteiger partial charge is 0.367 e. The second-order valence-corrected chi connectivity index (χ2v) is 3.54. The molecule has 1 aromatic carbocycles. The van der Waals surface area contributed by atoms with Crippen LogP contribution in [0.2, 0.25) is 0 Å². The zero-order chi connectivity index (χ0) is 10.1. The lowest BCUT2D eigenvalue weighted by Gasteiger charge is -2.05. The van der Waals surface area contributed by atoms with Gasteiger partial charge in [-0.2, -0.15) is 0 Å². The molecule has 1 N–H and O–H groups in total. The molecule has 1 aromatic heterocycles. The summed E-state index contributed by atoms with van der Waals surface area (Å²) in [6.45, 7) is 1.76. The first-order chi connectivity index (χ1) is 7.45. The van der Waals surface area contributed by atoms with E-state index in [4.69, 9.17) is 0 Å². The molecule has 0 bridgehead atoms. The van der Waals surface area contributed by atoms with Gasteiger partial charge >= 0.3 is 0 Å². The SMILES string of the molecule is Cl.c1ccc2c(C3=NCCN3)nccc2c1. The van der Waals surface area contributed by atoms with Gasteiger partial charge in [0.15, 0.2) is 0 Å². The van der Waals surface area contributed by atoms with Crippen molar-refractivity contribution >= 4 is 29.0 Å². The molecule has 1 aliphatic heterocycles. The lowest BCUT2D eigenvalue weighted by molar-refractivity contribution is 0.959. The van der Waals surface area contributed by atoms with Gasteiger partial charge in [-0.15, -0.1) is 12.4 Å². The molecule has 3 nitrogen and oxygen atoms in total. The van der Waals surface area contributed by atoms with E-state index in [-0.39, 0.29) is 12.4 Å². The average molecular weight is 234 g/mol. The van der Waals surface area contributed by atoms with E-state index in [0.717, 1.165) is 30.0 Å². The number of nitrogens with zero attached hydrogens (tertiary/aromatic N) is 2. The van der Waals surface area contributed by atoms with Crippen LogP contribution in [0.25, 0.3) is 10.8 Å². The molecule has 0 unspecified atom stereocenters. The monoisotopic (exact) mass is 233 g/mol. The van der Waals surface area contributed by atoms with Gasteiger partial charge < -0.3 is 5.32 Å². The third-order valence-electron chi connectivity index (χ3n) is 2.57. The minimum absolute atomic E-state index is 0. The van der Waals surface area contributed by atoms with Crippen molar-refractivity contribution < 1.29 is 0 Å². The van der Waals surface area contributed by atoms with Crippen LogP contribution >= 0.6 is 12.4 Å². The van der Waals surface area contributed by atoms with Crippen LogP contribution < -0.4 is 5.32 Å². The molecule has 0 aliphatic carbocycles. The fourth-order valence-corrected chi connectivity index (χ4v) is 1.86. The van der Waals surface area contributed by atoms with Crippen LogP contribution in [0.3, 0.4) is 0 Å². The molecular weight excluding hydrogens is 222 g/mol. The lowest BCUT2D eigenvalue weighted by atomic mass is 10.1. The fourth-order valence-electron chi connectivity index (χ4n) is 1.86. The number of aromatic nitrogens is 1. The Hall–Kier alpha value is -1.61. The summed E-state index contributed by atoms with van der Waals surface area (Å²) >= 11 is 0. The van der Waals surface area contributed by atoms with Crippen molar-refractivity contribution in [1.82, 2.24) is 10.3 Å². The number of nitrogens with one attached hydrogen (secondary N) is 1. The van der Waals surface area contributed by atoms with Gasteiger partial charge in [-0.1, -0.05) is 24.3 Å². The van der Waals surface area contributed by atoms with Crippen LogP contribution in [-0.4, -0.2) is 23.9 Å². The van der Waals surface area contributed by atoms with E-state index in [0.29, 0.717) is 0 Å². The van der Waals surface area contributed by atoms with Crippen molar-refractivity contribution in [3.8, 4) is 0 Å². The molecule has 82 valence electrons. The molecule has 0 atom stereocenters. The Morgan fingerprint density at radius 1 is 1.12 bits per heavy atom. The topological polar surface area (TPSA) is 37.3 Å². The van der Waals surface area contributed by atoms with Crippen LogP contribution in [-0.2, 0) is 0 Å². The minimum atomic E-state index is 0. The zero-order valence-corrected chi connectivity index (χ0v) is 9.50. The summed E-state index contributed by atoms with van der Waals surface area (Å²) < 4.78 is 0. The molecule has 0 amide bonds. The predicted octanol–water partition coefficient (Wildman–Crippen LogP) is 2.01. The number of pyridine rings is 1. The number of hydrogen-bond acceptors (Lipinski definition) is 3. The normalized spacial score (nSPS) is 14.1. The van der Waals surface area contributed by atoms with Crippen LogP contribution in [0.1, 0.15) is 5.69 Å². The Labute approximate surface area is 100 Å². The van der Waals surface area contributed by atoms with Crippen molar-refractivity contribution in [1.29, 1.82) is 0 Å². The van der Waals surface area contributed by atoms with Crippen molar-refractivity contribution in [2.75, 3.05) is 13.1 Å². The third kappa shape index (κ3) is 1.74. The summed E-state index contributed by atoms with van der Waals surface area (Å²) in [5.74, 6) is 0.923. The zero-order valence-electron chi connectivity index (χ0n) is 8.68. The summed E-state index contributed by atoms with van der Waals surface area (Å²) in [6.07, 6.45) is 1.83. The number of fused-ring (bicyclic) bond motifs is 1. The number of benzene rings is 1. The summed E-state index contributed by atoms with van der Waals surface area (Å²) in [7, 11) is 0. The van der Waals surface area contributed by atoms with E-state index in [1.807, 2.05) is 24.4 Å². The third-order valence-corrected chi connectivity index (χ3v) is 2.57. The highest BCUT2D eigenvalue weighted by Gasteiger charge is 2.11. The lowest BCUT2D eigenvalue weighted by Crippen LogP contribution is -2.20. The molecule has 16 heavy (non-hydrogen) atoms. The van der Waals surface area contributed by atoms with Gasteiger partial charge in [0.25, 0.3) is 0 Å². The van der Waals surface area contributed by atoms with Crippen molar-refractivity contribution in [3.05, 3.63) is 42.2 Å². The number of hydrogen-bond donors (Lipinski definition) is 1. The summed E-state index contributed by atoms with van der Waals surface area (Å²) in [4.78, 5) is 8.79. The number of halogens is 1. The van der Waals surface area contributed by atoms with Gasteiger partial charge in [0.1, 0.15) is 11.5 Å². The number of rotatable bonds is 1. The predicted molar refractivity (Wildman–Crippen MR) is 68.4 cm³/mol. The summed E-state index contributed by atoms with van der Waals surface area (Å²) in [5, 5.41) is 5.62.